The van der Waals surface area contributed by atoms with E-state index in [0.717, 1.165) is 85.1 Å². The summed E-state index contributed by atoms with van der Waals surface area (Å²) in [5, 5.41) is 35.2. The molecule has 1 aromatic heterocycles. The third-order valence-corrected chi connectivity index (χ3v) is 9.95. The molecule has 5 aromatic rings. The van der Waals surface area contributed by atoms with Crippen molar-refractivity contribution in [3.63, 3.8) is 0 Å². The highest BCUT2D eigenvalue weighted by Gasteiger charge is 2.30. The standard InChI is InChI=1S/C42H48N4O6/c43-31-13-15-32(16-14-31)46(42(50)51)37-25-28(12-19-34(37)30-8-4-1-5-9-30)7-3-2-6-24-52-33-17-10-29(11-18-33)26-44-27-39(48)35-20-22-38(47)41-36(35)21-23-40(49)45-41/h1,4-5,8-12,17-23,25,31-32,39,44,47-48H,2-3,6-7,13-16,24,26-27,43H2,(H,45,49)(H,50,51)/t31?,32?,39-/m0/s1. The van der Waals surface area contributed by atoms with Crippen molar-refractivity contribution in [3.8, 4) is 22.6 Å². The molecule has 0 saturated heterocycles. The van der Waals surface area contributed by atoms with Crippen LogP contribution in [-0.4, -0.2) is 51.6 Å². The van der Waals surface area contributed by atoms with Gasteiger partial charge in [0.05, 0.1) is 23.9 Å². The topological polar surface area (TPSA) is 161 Å². The molecule has 0 spiro atoms. The Morgan fingerprint density at radius 1 is 0.904 bits per heavy atom. The number of nitrogens with one attached hydrogen (secondary N) is 2. The molecule has 1 aliphatic carbocycles. The summed E-state index contributed by atoms with van der Waals surface area (Å²) in [5.74, 6) is 0.761. The zero-order valence-corrected chi connectivity index (χ0v) is 29.3. The number of aliphatic hydroxyl groups excluding tert-OH is 1. The maximum atomic E-state index is 12.7. The number of aromatic nitrogens is 1. The molecule has 6 rings (SSSR count). The maximum absolute atomic E-state index is 12.7. The zero-order chi connectivity index (χ0) is 36.5. The third-order valence-electron chi connectivity index (χ3n) is 9.95. The van der Waals surface area contributed by atoms with E-state index < -0.39 is 12.2 Å². The number of anilines is 1. The Morgan fingerprint density at radius 3 is 2.40 bits per heavy atom. The summed E-state index contributed by atoms with van der Waals surface area (Å²) in [6.45, 7) is 1.45. The summed E-state index contributed by atoms with van der Waals surface area (Å²) >= 11 is 0. The van der Waals surface area contributed by atoms with Gasteiger partial charge in [-0.15, -0.1) is 0 Å². The minimum absolute atomic E-state index is 0.0372. The summed E-state index contributed by atoms with van der Waals surface area (Å²) in [6, 6.07) is 30.3. The number of benzene rings is 4. The Morgan fingerprint density at radius 2 is 1.65 bits per heavy atom. The van der Waals surface area contributed by atoms with E-state index in [9.17, 15) is 24.9 Å². The second kappa shape index (κ2) is 17.4. The van der Waals surface area contributed by atoms with E-state index in [0.29, 0.717) is 36.2 Å². The number of nitrogens with zero attached hydrogens (tertiary/aromatic N) is 1. The summed E-state index contributed by atoms with van der Waals surface area (Å²) in [6.07, 6.45) is 5.14. The molecular formula is C42H48N4O6. The summed E-state index contributed by atoms with van der Waals surface area (Å²) in [5.41, 5.74) is 11.6. The first-order chi connectivity index (χ1) is 25.3. The second-order valence-electron chi connectivity index (χ2n) is 13.7. The van der Waals surface area contributed by atoms with E-state index in [4.69, 9.17) is 10.5 Å². The number of aromatic hydroxyl groups is 1. The Labute approximate surface area is 303 Å². The molecule has 1 amide bonds. The number of nitrogens with two attached hydrogens (primary N) is 1. The number of H-pyrrole nitrogens is 1. The van der Waals surface area contributed by atoms with E-state index in [2.05, 4.69) is 28.5 Å². The smallest absolute Gasteiger partial charge is 0.412 e. The van der Waals surface area contributed by atoms with Crippen LogP contribution in [0.1, 0.15) is 67.7 Å². The Kier molecular flexibility index (Phi) is 12.2. The number of unbranched alkanes of at least 4 members (excludes halogenated alkanes) is 2. The van der Waals surface area contributed by atoms with Crippen LogP contribution in [0.3, 0.4) is 0 Å². The number of rotatable bonds is 15. The van der Waals surface area contributed by atoms with Gasteiger partial charge in [-0.25, -0.2) is 4.79 Å². The number of aliphatic hydroxyl groups is 1. The molecular weight excluding hydrogens is 656 g/mol. The van der Waals surface area contributed by atoms with Gasteiger partial charge in [-0.3, -0.25) is 9.69 Å². The van der Waals surface area contributed by atoms with Crippen LogP contribution >= 0.6 is 0 Å². The van der Waals surface area contributed by atoms with Crippen LogP contribution in [0.25, 0.3) is 22.0 Å². The van der Waals surface area contributed by atoms with Gasteiger partial charge in [-0.05, 0) is 104 Å². The number of fused-ring (bicyclic) bond motifs is 1. The lowest BCUT2D eigenvalue weighted by atomic mass is 9.89. The molecule has 10 nitrogen and oxygen atoms in total. The van der Waals surface area contributed by atoms with Gasteiger partial charge in [0.15, 0.2) is 0 Å². The highest BCUT2D eigenvalue weighted by Crippen LogP contribution is 2.36. The monoisotopic (exact) mass is 704 g/mol. The van der Waals surface area contributed by atoms with Crippen molar-refractivity contribution in [2.24, 2.45) is 5.73 Å². The van der Waals surface area contributed by atoms with Crippen molar-refractivity contribution in [3.05, 3.63) is 124 Å². The number of phenolic OH excluding ortho intramolecular Hbond substituents is 1. The van der Waals surface area contributed by atoms with E-state index >= 15 is 0 Å². The lowest BCUT2D eigenvalue weighted by Gasteiger charge is -2.35. The molecule has 0 radical (unpaired) electrons. The fourth-order valence-corrected chi connectivity index (χ4v) is 7.12. The minimum Gasteiger partial charge on any atom is -0.506 e. The average Bonchev–Trinajstić information content (AvgIpc) is 3.15. The number of carboxylic acid groups (broad SMARTS) is 1. The third kappa shape index (κ3) is 9.19. The first-order valence-corrected chi connectivity index (χ1v) is 18.2. The fourth-order valence-electron chi connectivity index (χ4n) is 7.12. The molecule has 52 heavy (non-hydrogen) atoms. The number of aryl methyl sites for hydroxylation is 1. The molecule has 10 heteroatoms. The first kappa shape index (κ1) is 36.6. The summed E-state index contributed by atoms with van der Waals surface area (Å²) in [7, 11) is 0. The number of hydrogen-bond acceptors (Lipinski definition) is 7. The van der Waals surface area contributed by atoms with Gasteiger partial charge >= 0.3 is 6.09 Å². The fraction of sp³-hybridized carbons (Fsp3) is 0.333. The highest BCUT2D eigenvalue weighted by molar-refractivity contribution is 5.94. The van der Waals surface area contributed by atoms with Crippen LogP contribution in [0.5, 0.6) is 11.5 Å². The molecule has 0 aliphatic heterocycles. The van der Waals surface area contributed by atoms with Crippen LogP contribution < -0.4 is 26.2 Å². The number of phenols is 1. The van der Waals surface area contributed by atoms with Crippen molar-refractivity contribution < 1.29 is 24.9 Å². The molecule has 4 aromatic carbocycles. The number of pyridine rings is 1. The molecule has 1 aliphatic rings. The SMILES string of the molecule is NC1CCC(N(C(=O)O)c2cc(CCCCCOc3ccc(CNC[C@H](O)c4ccc(O)c5[nH]c(=O)ccc45)cc3)ccc2-c2ccccc2)CC1. The Balaban J connectivity index is 0.964. The predicted octanol–water partition coefficient (Wildman–Crippen LogP) is 7.27. The molecule has 1 atom stereocenters. The van der Waals surface area contributed by atoms with E-state index in [1.807, 2.05) is 54.6 Å². The van der Waals surface area contributed by atoms with Gasteiger partial charge in [-0.2, -0.15) is 0 Å². The van der Waals surface area contributed by atoms with Crippen molar-refractivity contribution >= 4 is 22.7 Å². The zero-order valence-electron chi connectivity index (χ0n) is 29.3. The molecule has 1 heterocycles. The molecule has 1 saturated carbocycles. The highest BCUT2D eigenvalue weighted by atomic mass is 16.5. The van der Waals surface area contributed by atoms with Gasteiger partial charge in [0.25, 0.3) is 0 Å². The van der Waals surface area contributed by atoms with Crippen LogP contribution in [0.4, 0.5) is 10.5 Å². The van der Waals surface area contributed by atoms with Crippen LogP contribution in [0.15, 0.2) is 102 Å². The number of aromatic amines is 1. The maximum Gasteiger partial charge on any atom is 0.412 e. The molecule has 7 N–H and O–H groups in total. The number of amides is 1. The van der Waals surface area contributed by atoms with E-state index in [1.54, 1.807) is 17.0 Å². The molecule has 0 bridgehead atoms. The van der Waals surface area contributed by atoms with Crippen molar-refractivity contribution in [2.45, 2.75) is 76.1 Å². The quantitative estimate of drug-likeness (QED) is 0.0621. The van der Waals surface area contributed by atoms with Crippen molar-refractivity contribution in [2.75, 3.05) is 18.1 Å². The summed E-state index contributed by atoms with van der Waals surface area (Å²) < 4.78 is 6.00. The largest absolute Gasteiger partial charge is 0.506 e. The molecule has 272 valence electrons. The minimum atomic E-state index is -0.921. The van der Waals surface area contributed by atoms with Crippen LogP contribution in [-0.2, 0) is 13.0 Å². The summed E-state index contributed by atoms with van der Waals surface area (Å²) in [4.78, 5) is 28.6. The Bertz CT molecular complexity index is 1990. The molecule has 1 fully saturated rings. The van der Waals surface area contributed by atoms with E-state index in [1.165, 1.54) is 12.1 Å². The second-order valence-corrected chi connectivity index (χ2v) is 13.7. The Hall–Kier alpha value is -5.16. The number of hydrogen-bond donors (Lipinski definition) is 6. The number of ether oxygens (including phenoxy) is 1. The molecule has 0 unspecified atom stereocenters. The van der Waals surface area contributed by atoms with Crippen LogP contribution in [0.2, 0.25) is 0 Å². The lowest BCUT2D eigenvalue weighted by molar-refractivity contribution is 0.176. The van der Waals surface area contributed by atoms with Crippen LogP contribution in [0, 0.1) is 0 Å². The van der Waals surface area contributed by atoms with E-state index in [-0.39, 0.29) is 23.4 Å². The van der Waals surface area contributed by atoms with Gasteiger partial charge in [-0.1, -0.05) is 60.7 Å². The lowest BCUT2D eigenvalue weighted by Crippen LogP contribution is -2.44. The van der Waals surface area contributed by atoms with Gasteiger partial charge in [0.2, 0.25) is 5.56 Å². The average molecular weight is 705 g/mol. The number of carbonyl (C=O) groups is 1. The van der Waals surface area contributed by atoms with Crippen molar-refractivity contribution in [1.29, 1.82) is 0 Å². The first-order valence-electron chi connectivity index (χ1n) is 18.2. The predicted molar refractivity (Wildman–Crippen MR) is 205 cm³/mol. The van der Waals surface area contributed by atoms with Gasteiger partial charge < -0.3 is 36.1 Å². The normalized spacial score (nSPS) is 16.4. The van der Waals surface area contributed by atoms with Gasteiger partial charge in [0, 0.05) is 42.2 Å². The van der Waals surface area contributed by atoms with Gasteiger partial charge in [0.1, 0.15) is 11.5 Å². The van der Waals surface area contributed by atoms with Crippen molar-refractivity contribution in [1.82, 2.24) is 10.3 Å².